The SMILES string of the molecule is CC(C(=O)O)N(C(=O)CCCc1nc(-c2ccc(Cl)cc2)no1)C1CC1. The first kappa shape index (κ1) is 18.4. The van der Waals surface area contributed by atoms with Crippen LogP contribution >= 0.6 is 11.6 Å². The number of hydrogen-bond acceptors (Lipinski definition) is 5. The van der Waals surface area contributed by atoms with Gasteiger partial charge in [-0.3, -0.25) is 4.79 Å². The van der Waals surface area contributed by atoms with E-state index in [1.165, 1.54) is 4.90 Å². The van der Waals surface area contributed by atoms with Crippen molar-refractivity contribution in [2.24, 2.45) is 0 Å². The van der Waals surface area contributed by atoms with Crippen molar-refractivity contribution in [3.63, 3.8) is 0 Å². The first-order valence-corrected chi connectivity index (χ1v) is 8.96. The minimum atomic E-state index is -0.977. The maximum absolute atomic E-state index is 12.4. The molecule has 138 valence electrons. The highest BCUT2D eigenvalue weighted by Gasteiger charge is 2.37. The van der Waals surface area contributed by atoms with Crippen molar-refractivity contribution in [2.45, 2.75) is 51.1 Å². The Balaban J connectivity index is 1.54. The number of amides is 1. The van der Waals surface area contributed by atoms with Gasteiger partial charge in [0, 0.05) is 29.5 Å². The third kappa shape index (κ3) is 4.40. The summed E-state index contributed by atoms with van der Waals surface area (Å²) in [6.07, 6.45) is 2.99. The van der Waals surface area contributed by atoms with Crippen LogP contribution in [0.3, 0.4) is 0 Å². The van der Waals surface area contributed by atoms with E-state index in [2.05, 4.69) is 10.1 Å². The fourth-order valence-electron chi connectivity index (χ4n) is 2.80. The summed E-state index contributed by atoms with van der Waals surface area (Å²) in [5.74, 6) is -0.191. The molecule has 1 fully saturated rings. The molecule has 1 unspecified atom stereocenters. The van der Waals surface area contributed by atoms with Gasteiger partial charge in [0.15, 0.2) is 0 Å². The van der Waals surface area contributed by atoms with Gasteiger partial charge in [0.25, 0.3) is 0 Å². The summed E-state index contributed by atoms with van der Waals surface area (Å²) in [5.41, 5.74) is 0.802. The monoisotopic (exact) mass is 377 g/mol. The molecule has 0 radical (unpaired) electrons. The summed E-state index contributed by atoms with van der Waals surface area (Å²) in [7, 11) is 0. The molecule has 2 aromatic rings. The number of halogens is 1. The molecule has 0 aliphatic heterocycles. The number of hydrogen-bond donors (Lipinski definition) is 1. The first-order valence-electron chi connectivity index (χ1n) is 8.58. The molecule has 1 saturated carbocycles. The number of rotatable bonds is 8. The van der Waals surface area contributed by atoms with Crippen molar-refractivity contribution in [3.8, 4) is 11.4 Å². The van der Waals surface area contributed by atoms with Crippen LogP contribution in [0.1, 0.15) is 38.5 Å². The summed E-state index contributed by atoms with van der Waals surface area (Å²) in [6, 6.07) is 6.38. The van der Waals surface area contributed by atoms with Crippen LogP contribution in [0.25, 0.3) is 11.4 Å². The lowest BCUT2D eigenvalue weighted by atomic mass is 10.2. The highest BCUT2D eigenvalue weighted by atomic mass is 35.5. The fraction of sp³-hybridized carbons (Fsp3) is 0.444. The molecule has 3 rings (SSSR count). The maximum atomic E-state index is 12.4. The summed E-state index contributed by atoms with van der Waals surface area (Å²) >= 11 is 5.86. The van der Waals surface area contributed by atoms with Gasteiger partial charge in [-0.1, -0.05) is 16.8 Å². The van der Waals surface area contributed by atoms with Gasteiger partial charge < -0.3 is 14.5 Å². The van der Waals surface area contributed by atoms with Crippen LogP contribution < -0.4 is 0 Å². The van der Waals surface area contributed by atoms with Crippen molar-refractivity contribution < 1.29 is 19.2 Å². The average molecular weight is 378 g/mol. The Hall–Kier alpha value is -2.41. The molecule has 0 saturated heterocycles. The van der Waals surface area contributed by atoms with Gasteiger partial charge in [-0.05, 0) is 50.5 Å². The Labute approximate surface area is 155 Å². The van der Waals surface area contributed by atoms with Crippen LogP contribution in [0.4, 0.5) is 0 Å². The standard InChI is InChI=1S/C18H20ClN3O4/c1-11(18(24)25)22(14-9-10-14)16(23)4-2-3-15-20-17(21-26-15)12-5-7-13(19)8-6-12/h5-8,11,14H,2-4,9-10H2,1H3,(H,24,25). The molecule has 1 amide bonds. The Morgan fingerprint density at radius 1 is 1.35 bits per heavy atom. The third-order valence-electron chi connectivity index (χ3n) is 4.35. The minimum absolute atomic E-state index is 0.0634. The second-order valence-electron chi connectivity index (χ2n) is 6.42. The predicted octanol–water partition coefficient (Wildman–Crippen LogP) is 3.18. The average Bonchev–Trinajstić information content (AvgIpc) is 3.33. The minimum Gasteiger partial charge on any atom is -0.480 e. The van der Waals surface area contributed by atoms with Gasteiger partial charge in [-0.2, -0.15) is 4.98 Å². The lowest BCUT2D eigenvalue weighted by Gasteiger charge is -2.26. The highest BCUT2D eigenvalue weighted by molar-refractivity contribution is 6.30. The van der Waals surface area contributed by atoms with Crippen LogP contribution in [-0.4, -0.2) is 44.1 Å². The van der Waals surface area contributed by atoms with E-state index in [0.717, 1.165) is 18.4 Å². The van der Waals surface area contributed by atoms with Gasteiger partial charge in [0.05, 0.1) is 0 Å². The van der Waals surface area contributed by atoms with E-state index < -0.39 is 12.0 Å². The quantitative estimate of drug-likeness (QED) is 0.758. The molecular weight excluding hydrogens is 358 g/mol. The van der Waals surface area contributed by atoms with E-state index in [1.54, 1.807) is 31.2 Å². The number of nitrogens with zero attached hydrogens (tertiary/aromatic N) is 3. The smallest absolute Gasteiger partial charge is 0.326 e. The van der Waals surface area contributed by atoms with Gasteiger partial charge in [-0.25, -0.2) is 4.79 Å². The lowest BCUT2D eigenvalue weighted by molar-refractivity contribution is -0.150. The van der Waals surface area contributed by atoms with Gasteiger partial charge in [-0.15, -0.1) is 0 Å². The zero-order chi connectivity index (χ0) is 18.7. The second kappa shape index (κ2) is 7.86. The zero-order valence-electron chi connectivity index (χ0n) is 14.4. The van der Waals surface area contributed by atoms with E-state index >= 15 is 0 Å². The largest absolute Gasteiger partial charge is 0.480 e. The summed E-state index contributed by atoms with van der Waals surface area (Å²) in [5, 5.41) is 13.7. The van der Waals surface area contributed by atoms with Crippen LogP contribution in [0.15, 0.2) is 28.8 Å². The number of benzene rings is 1. The maximum Gasteiger partial charge on any atom is 0.326 e. The van der Waals surface area contributed by atoms with Crippen molar-refractivity contribution in [2.75, 3.05) is 0 Å². The zero-order valence-corrected chi connectivity index (χ0v) is 15.1. The molecule has 26 heavy (non-hydrogen) atoms. The Bertz CT molecular complexity index is 786. The summed E-state index contributed by atoms with van der Waals surface area (Å²) in [4.78, 5) is 29.4. The molecule has 1 N–H and O–H groups in total. The van der Waals surface area contributed by atoms with Crippen molar-refractivity contribution in [1.82, 2.24) is 15.0 Å². The molecule has 0 bridgehead atoms. The molecule has 1 heterocycles. The topological polar surface area (TPSA) is 96.5 Å². The second-order valence-corrected chi connectivity index (χ2v) is 6.85. The molecule has 1 aromatic carbocycles. The third-order valence-corrected chi connectivity index (χ3v) is 4.61. The number of carboxylic acid groups (broad SMARTS) is 1. The predicted molar refractivity (Wildman–Crippen MR) is 94.6 cm³/mol. The van der Waals surface area contributed by atoms with Crippen LogP contribution in [0.5, 0.6) is 0 Å². The Morgan fingerprint density at radius 3 is 2.65 bits per heavy atom. The fourth-order valence-corrected chi connectivity index (χ4v) is 2.93. The number of carbonyl (C=O) groups is 2. The lowest BCUT2D eigenvalue weighted by Crippen LogP contribution is -2.44. The van der Waals surface area contributed by atoms with E-state index in [4.69, 9.17) is 16.1 Å². The number of aliphatic carboxylic acids is 1. The Kier molecular flexibility index (Phi) is 5.56. The Morgan fingerprint density at radius 2 is 2.04 bits per heavy atom. The first-order chi connectivity index (χ1) is 12.5. The van der Waals surface area contributed by atoms with Crippen molar-refractivity contribution >= 4 is 23.5 Å². The molecular formula is C18H20ClN3O4. The number of carbonyl (C=O) groups excluding carboxylic acids is 1. The van der Waals surface area contributed by atoms with E-state index in [9.17, 15) is 14.7 Å². The van der Waals surface area contributed by atoms with Crippen LogP contribution in [-0.2, 0) is 16.0 Å². The molecule has 1 aliphatic rings. The van der Waals surface area contributed by atoms with Gasteiger partial charge in [0.2, 0.25) is 17.6 Å². The van der Waals surface area contributed by atoms with Crippen molar-refractivity contribution in [1.29, 1.82) is 0 Å². The highest BCUT2D eigenvalue weighted by Crippen LogP contribution is 2.29. The summed E-state index contributed by atoms with van der Waals surface area (Å²) in [6.45, 7) is 1.55. The molecule has 8 heteroatoms. The van der Waals surface area contributed by atoms with Gasteiger partial charge in [0.1, 0.15) is 6.04 Å². The van der Waals surface area contributed by atoms with E-state index in [0.29, 0.717) is 29.6 Å². The number of aryl methyl sites for hydroxylation is 1. The van der Waals surface area contributed by atoms with E-state index in [-0.39, 0.29) is 18.4 Å². The van der Waals surface area contributed by atoms with Crippen molar-refractivity contribution in [3.05, 3.63) is 35.2 Å². The normalized spacial score (nSPS) is 14.8. The van der Waals surface area contributed by atoms with E-state index in [1.807, 2.05) is 0 Å². The molecule has 0 spiro atoms. The number of aromatic nitrogens is 2. The summed E-state index contributed by atoms with van der Waals surface area (Å²) < 4.78 is 5.22. The van der Waals surface area contributed by atoms with Crippen LogP contribution in [0.2, 0.25) is 5.02 Å². The van der Waals surface area contributed by atoms with Gasteiger partial charge >= 0.3 is 5.97 Å². The molecule has 1 aliphatic carbocycles. The molecule has 1 aromatic heterocycles. The molecule has 7 nitrogen and oxygen atoms in total. The van der Waals surface area contributed by atoms with Crippen LogP contribution in [0, 0.1) is 0 Å². The molecule has 1 atom stereocenters. The number of carboxylic acids is 1.